The summed E-state index contributed by atoms with van der Waals surface area (Å²) < 4.78 is 27.8. The van der Waals surface area contributed by atoms with Crippen molar-refractivity contribution in [2.24, 2.45) is 5.84 Å². The number of likely N-dealkylation sites (tertiary alicyclic amines) is 1. The van der Waals surface area contributed by atoms with E-state index in [0.717, 1.165) is 54.8 Å². The lowest BCUT2D eigenvalue weighted by Gasteiger charge is -2.48. The van der Waals surface area contributed by atoms with Crippen LogP contribution in [0.5, 0.6) is 5.75 Å². The number of hydrogen-bond donors (Lipinski definition) is 3. The number of carbonyl (C=O) groups excluding carboxylic acids is 1. The number of anilines is 1. The van der Waals surface area contributed by atoms with Crippen molar-refractivity contribution in [3.8, 4) is 22.9 Å². The Kier molecular flexibility index (Phi) is 8.60. The number of amides is 1. The standard InChI is InChI=1S/C33H37F2N5O2/c1-32(34,35)29-20-27(13-14-30(29)41)38-31(42)22-40(37)33(15-17-39(18-16-33)28-7-2-3-8-28)26-11-9-24(10-12-26)25-6-4-5-23(19-25)21-36/h4-6,9-14,19-20,28,41H,2-3,7-8,15-18,22,37H2,1H3,(H,38,42). The highest BCUT2D eigenvalue weighted by atomic mass is 19.3. The number of rotatable bonds is 8. The first-order chi connectivity index (χ1) is 20.1. The number of nitrogens with one attached hydrogen (secondary N) is 1. The van der Waals surface area contributed by atoms with E-state index in [9.17, 15) is 23.9 Å². The summed E-state index contributed by atoms with van der Waals surface area (Å²) in [4.78, 5) is 15.7. The predicted octanol–water partition coefficient (Wildman–Crippen LogP) is 6.09. The highest BCUT2D eigenvalue weighted by Gasteiger charge is 2.42. The molecule has 5 rings (SSSR count). The fourth-order valence-electron chi connectivity index (χ4n) is 6.48. The molecule has 1 saturated carbocycles. The molecule has 0 spiro atoms. The Morgan fingerprint density at radius 3 is 2.43 bits per heavy atom. The topological polar surface area (TPSA) is 106 Å². The number of piperidine rings is 1. The van der Waals surface area contributed by atoms with Gasteiger partial charge in [-0.25, -0.2) is 13.8 Å². The molecule has 7 nitrogen and oxygen atoms in total. The highest BCUT2D eigenvalue weighted by molar-refractivity contribution is 5.92. The van der Waals surface area contributed by atoms with E-state index >= 15 is 0 Å². The van der Waals surface area contributed by atoms with Crippen LogP contribution in [0.3, 0.4) is 0 Å². The van der Waals surface area contributed by atoms with Gasteiger partial charge in [0.15, 0.2) is 0 Å². The zero-order valence-electron chi connectivity index (χ0n) is 23.8. The third-order valence-corrected chi connectivity index (χ3v) is 8.83. The largest absolute Gasteiger partial charge is 0.507 e. The van der Waals surface area contributed by atoms with Crippen LogP contribution >= 0.6 is 0 Å². The van der Waals surface area contributed by atoms with E-state index in [4.69, 9.17) is 5.84 Å². The average molecular weight is 574 g/mol. The van der Waals surface area contributed by atoms with Crippen LogP contribution in [0.25, 0.3) is 11.1 Å². The summed E-state index contributed by atoms with van der Waals surface area (Å²) in [6, 6.07) is 22.0. The summed E-state index contributed by atoms with van der Waals surface area (Å²) in [5.41, 5.74) is 2.53. The van der Waals surface area contributed by atoms with Crippen LogP contribution in [0.2, 0.25) is 0 Å². The van der Waals surface area contributed by atoms with E-state index in [-0.39, 0.29) is 12.2 Å². The Labute approximate surface area is 245 Å². The fourth-order valence-corrected chi connectivity index (χ4v) is 6.48. The van der Waals surface area contributed by atoms with E-state index in [1.54, 1.807) is 11.1 Å². The van der Waals surface area contributed by atoms with Gasteiger partial charge in [-0.3, -0.25) is 10.6 Å². The molecule has 2 fully saturated rings. The number of phenolic OH excluding ortho intramolecular Hbond substituents is 1. The molecule has 0 bridgehead atoms. The Morgan fingerprint density at radius 1 is 1.10 bits per heavy atom. The van der Waals surface area contributed by atoms with Crippen LogP contribution in [0.15, 0.2) is 66.7 Å². The van der Waals surface area contributed by atoms with Gasteiger partial charge in [-0.05, 0) is 72.7 Å². The molecule has 0 atom stereocenters. The second kappa shape index (κ2) is 12.2. The molecule has 4 N–H and O–H groups in total. The molecular weight excluding hydrogens is 536 g/mol. The number of nitrogens with zero attached hydrogens (tertiary/aromatic N) is 3. The normalized spacial score (nSPS) is 17.7. The smallest absolute Gasteiger partial charge is 0.274 e. The van der Waals surface area contributed by atoms with Gasteiger partial charge < -0.3 is 15.3 Å². The van der Waals surface area contributed by atoms with Gasteiger partial charge in [0.2, 0.25) is 5.91 Å². The van der Waals surface area contributed by atoms with Crippen molar-refractivity contribution in [1.29, 1.82) is 5.26 Å². The van der Waals surface area contributed by atoms with E-state index in [0.29, 0.717) is 18.5 Å². The molecule has 9 heteroatoms. The molecule has 1 amide bonds. The van der Waals surface area contributed by atoms with Gasteiger partial charge in [-0.2, -0.15) is 5.26 Å². The van der Waals surface area contributed by atoms with Crippen molar-refractivity contribution in [3.63, 3.8) is 0 Å². The maximum absolute atomic E-state index is 13.9. The molecule has 1 aliphatic carbocycles. The molecule has 220 valence electrons. The molecule has 0 radical (unpaired) electrons. The van der Waals surface area contributed by atoms with Crippen molar-refractivity contribution >= 4 is 11.6 Å². The number of benzene rings is 3. The summed E-state index contributed by atoms with van der Waals surface area (Å²) in [5, 5.41) is 23.4. The number of aromatic hydroxyl groups is 1. The van der Waals surface area contributed by atoms with Crippen LogP contribution in [0.1, 0.15) is 62.1 Å². The van der Waals surface area contributed by atoms with E-state index < -0.39 is 28.7 Å². The van der Waals surface area contributed by atoms with Crippen LogP contribution in [0, 0.1) is 11.3 Å². The number of nitriles is 1. The maximum atomic E-state index is 13.9. The third kappa shape index (κ3) is 6.31. The number of phenols is 1. The van der Waals surface area contributed by atoms with Crippen molar-refractivity contribution in [1.82, 2.24) is 9.91 Å². The van der Waals surface area contributed by atoms with Gasteiger partial charge >= 0.3 is 0 Å². The second-order valence-corrected chi connectivity index (χ2v) is 11.6. The number of halogens is 2. The first-order valence-electron chi connectivity index (χ1n) is 14.5. The first-order valence-corrected chi connectivity index (χ1v) is 14.5. The zero-order valence-corrected chi connectivity index (χ0v) is 23.8. The van der Waals surface area contributed by atoms with Crippen molar-refractivity contribution < 1.29 is 18.7 Å². The van der Waals surface area contributed by atoms with Gasteiger partial charge in [-0.1, -0.05) is 49.2 Å². The van der Waals surface area contributed by atoms with Crippen molar-refractivity contribution in [3.05, 3.63) is 83.4 Å². The minimum atomic E-state index is -3.26. The van der Waals surface area contributed by atoms with Gasteiger partial charge in [0.25, 0.3) is 5.92 Å². The van der Waals surface area contributed by atoms with Gasteiger partial charge in [0.1, 0.15) is 5.75 Å². The molecule has 3 aromatic rings. The van der Waals surface area contributed by atoms with Gasteiger partial charge in [0, 0.05) is 31.7 Å². The lowest BCUT2D eigenvalue weighted by atomic mass is 9.79. The summed E-state index contributed by atoms with van der Waals surface area (Å²) in [6.07, 6.45) is 6.41. The van der Waals surface area contributed by atoms with Crippen LogP contribution in [0.4, 0.5) is 14.5 Å². The summed E-state index contributed by atoms with van der Waals surface area (Å²) in [5.74, 6) is 2.51. The summed E-state index contributed by atoms with van der Waals surface area (Å²) in [7, 11) is 0. The molecule has 3 aromatic carbocycles. The number of carbonyl (C=O) groups is 1. The zero-order chi connectivity index (χ0) is 29.9. The highest BCUT2D eigenvalue weighted by Crippen LogP contribution is 2.40. The minimum absolute atomic E-state index is 0.145. The molecular formula is C33H37F2N5O2. The lowest BCUT2D eigenvalue weighted by Crippen LogP contribution is -2.58. The average Bonchev–Trinajstić information content (AvgIpc) is 3.53. The Morgan fingerprint density at radius 2 is 1.79 bits per heavy atom. The van der Waals surface area contributed by atoms with Gasteiger partial charge in [0.05, 0.1) is 29.3 Å². The molecule has 1 saturated heterocycles. The van der Waals surface area contributed by atoms with E-state index in [1.807, 2.05) is 42.5 Å². The molecule has 0 unspecified atom stereocenters. The molecule has 1 heterocycles. The Balaban J connectivity index is 1.37. The van der Waals surface area contributed by atoms with E-state index in [1.165, 1.54) is 31.7 Å². The lowest BCUT2D eigenvalue weighted by molar-refractivity contribution is -0.120. The molecule has 2 aliphatic rings. The second-order valence-electron chi connectivity index (χ2n) is 11.6. The number of nitrogens with two attached hydrogens (primary N) is 1. The fraction of sp³-hybridized carbons (Fsp3) is 0.394. The first kappa shape index (κ1) is 29.6. The van der Waals surface area contributed by atoms with Crippen LogP contribution in [-0.4, -0.2) is 46.6 Å². The number of hydrogen-bond acceptors (Lipinski definition) is 6. The monoisotopic (exact) mass is 573 g/mol. The van der Waals surface area contributed by atoms with Crippen molar-refractivity contribution in [2.75, 3.05) is 25.0 Å². The predicted molar refractivity (Wildman–Crippen MR) is 159 cm³/mol. The Hall–Kier alpha value is -3.84. The number of alkyl halides is 2. The molecule has 1 aliphatic heterocycles. The summed E-state index contributed by atoms with van der Waals surface area (Å²) >= 11 is 0. The van der Waals surface area contributed by atoms with Crippen LogP contribution in [-0.2, 0) is 16.3 Å². The maximum Gasteiger partial charge on any atom is 0.274 e. The third-order valence-electron chi connectivity index (χ3n) is 8.83. The van der Waals surface area contributed by atoms with Crippen LogP contribution < -0.4 is 11.2 Å². The number of hydrazine groups is 1. The Bertz CT molecular complexity index is 1450. The molecule has 0 aromatic heterocycles. The quantitative estimate of drug-likeness (QED) is 0.171. The van der Waals surface area contributed by atoms with E-state index in [2.05, 4.69) is 16.3 Å². The minimum Gasteiger partial charge on any atom is -0.507 e. The SMILES string of the molecule is CC(F)(F)c1cc(NC(=O)CN(N)C2(c3ccc(-c4cccc(C#N)c4)cc3)CCN(C3CCCC3)CC2)ccc1O. The summed E-state index contributed by atoms with van der Waals surface area (Å²) in [6.45, 7) is 2.27. The van der Waals surface area contributed by atoms with Crippen molar-refractivity contribution in [2.45, 2.75) is 63.0 Å². The van der Waals surface area contributed by atoms with Gasteiger partial charge in [-0.15, -0.1) is 0 Å². The molecule has 42 heavy (non-hydrogen) atoms.